The first kappa shape index (κ1) is 18.2. The fourth-order valence-corrected chi connectivity index (χ4v) is 0. The van der Waals surface area contributed by atoms with Crippen LogP contribution in [0.2, 0.25) is 0 Å². The second-order valence-corrected chi connectivity index (χ2v) is 5.55. The van der Waals surface area contributed by atoms with Crippen LogP contribution in [-0.2, 0) is 29.0 Å². The van der Waals surface area contributed by atoms with Crippen molar-refractivity contribution in [1.82, 2.24) is 0 Å². The predicted molar refractivity (Wildman–Crippen MR) is 10.7 cm³/mol. The Kier molecular flexibility index (Phi) is 11.4. The second-order valence-electron chi connectivity index (χ2n) is 0.750. The van der Waals surface area contributed by atoms with Crippen LogP contribution in [0, 0.1) is 0 Å². The quantitative estimate of drug-likeness (QED) is 0.271. The van der Waals surface area contributed by atoms with Gasteiger partial charge in [-0.05, 0) is 0 Å². The molecule has 0 atom stereocenters. The van der Waals surface area contributed by atoms with Crippen molar-refractivity contribution in [3.8, 4) is 0 Å². The van der Waals surface area contributed by atoms with E-state index < -0.39 is 34.9 Å². The van der Waals surface area contributed by atoms with Crippen molar-refractivity contribution in [2.75, 3.05) is 0 Å². The molecule has 0 saturated carbocycles. The summed E-state index contributed by atoms with van der Waals surface area (Å²) in [6, 6.07) is 0. The molecular formula is HINaO8Os. The molecule has 8 nitrogen and oxygen atoms in total. The molecule has 1 radical (unpaired) electrons. The van der Waals surface area contributed by atoms with Crippen LogP contribution < -0.4 is 30.4 Å². The summed E-state index contributed by atoms with van der Waals surface area (Å²) in [5, 5.41) is 0. The van der Waals surface area contributed by atoms with Crippen LogP contribution in [-0.4, -0.2) is 33.0 Å². The van der Waals surface area contributed by atoms with Crippen LogP contribution in [0.1, 0.15) is 0 Å². The number of halogens is 1. The van der Waals surface area contributed by atoms with Crippen LogP contribution in [0.3, 0.4) is 0 Å². The summed E-state index contributed by atoms with van der Waals surface area (Å²) in [6.07, 6.45) is 0. The monoisotopic (exact) mass is 471 g/mol. The summed E-state index contributed by atoms with van der Waals surface area (Å²) in [7, 11) is 0. The molecule has 0 heterocycles. The molecule has 0 aromatic carbocycles. The fraction of sp³-hybridized carbons (Fsp3) is 0. The van der Waals surface area contributed by atoms with E-state index in [2.05, 4.69) is 0 Å². The van der Waals surface area contributed by atoms with Crippen molar-refractivity contribution in [2.24, 2.45) is 0 Å². The summed E-state index contributed by atoms with van der Waals surface area (Å²) < 4.78 is 67.7. The van der Waals surface area contributed by atoms with E-state index in [9.17, 15) is 0 Å². The van der Waals surface area contributed by atoms with Crippen LogP contribution in [0.25, 0.3) is 0 Å². The molecular weight excluding hydrogens is 468 g/mol. The summed E-state index contributed by atoms with van der Waals surface area (Å²) in [4.78, 5) is 0. The van der Waals surface area contributed by atoms with Crippen molar-refractivity contribution in [2.45, 2.75) is 0 Å². The van der Waals surface area contributed by atoms with E-state index in [1.54, 1.807) is 0 Å². The van der Waals surface area contributed by atoms with Gasteiger partial charge in [0.25, 0.3) is 0 Å². The van der Waals surface area contributed by atoms with Gasteiger partial charge in [-0.15, -0.1) is 0 Å². The van der Waals surface area contributed by atoms with Gasteiger partial charge >= 0.3 is 49.1 Å². The number of hydrogen-bond acceptors (Lipinski definition) is 8. The second kappa shape index (κ2) is 6.87. The van der Waals surface area contributed by atoms with E-state index in [1.807, 2.05) is 0 Å². The van der Waals surface area contributed by atoms with Gasteiger partial charge in [-0.25, -0.2) is 0 Å². The molecule has 0 unspecified atom stereocenters. The summed E-state index contributed by atoms with van der Waals surface area (Å²) in [5.74, 6) is 0. The molecule has 0 spiro atoms. The molecule has 0 bridgehead atoms. The number of hydrogen-bond donors (Lipinski definition) is 1. The van der Waals surface area contributed by atoms with Gasteiger partial charge in [-0.1, -0.05) is 0 Å². The topological polar surface area (TPSA) is 158 Å². The summed E-state index contributed by atoms with van der Waals surface area (Å²) in [5.41, 5.74) is 0. The molecule has 0 rings (SSSR count). The van der Waals surface area contributed by atoms with Crippen LogP contribution >= 0.6 is 0 Å². The zero-order valence-electron chi connectivity index (χ0n) is 5.04. The molecule has 0 aliphatic rings. The average Bonchev–Trinajstić information content (AvgIpc) is 1.12. The Bertz CT molecular complexity index is 226. The molecule has 11 heteroatoms. The normalized spacial score (nSPS) is 10.5. The van der Waals surface area contributed by atoms with E-state index in [4.69, 9.17) is 27.9 Å². The molecule has 0 aliphatic heterocycles. The molecule has 0 saturated heterocycles. The zero-order valence-corrected chi connectivity index (χ0v) is 11.7. The molecule has 0 aromatic rings. The Balaban J connectivity index is -0.000000107. The minimum absolute atomic E-state index is 0. The SMILES string of the molecule is [Na].[O-][I+3]([O-])([O-])O.[O]=[Os](=[O])(=[O])=[O]. The van der Waals surface area contributed by atoms with Gasteiger partial charge < -0.3 is 0 Å². The average molecular weight is 469 g/mol. The molecule has 0 fully saturated rings. The summed E-state index contributed by atoms with van der Waals surface area (Å²) >= 11 is -11.7. The van der Waals surface area contributed by atoms with E-state index in [0.717, 1.165) is 0 Å². The minimum atomic E-state index is -6.06. The van der Waals surface area contributed by atoms with Crippen LogP contribution in [0.4, 0.5) is 0 Å². The number of rotatable bonds is 0. The van der Waals surface area contributed by atoms with Crippen molar-refractivity contribution in [3.05, 3.63) is 0 Å². The van der Waals surface area contributed by atoms with E-state index in [-0.39, 0.29) is 29.6 Å². The first-order valence-electron chi connectivity index (χ1n) is 1.21. The maximum absolute atomic E-state index is 8.73. The van der Waals surface area contributed by atoms with Crippen molar-refractivity contribution in [1.29, 1.82) is 0 Å². The standard InChI is InChI=1S/HIO4.Na.4O.Os/c2-1(3,4)5;;;;;;/h2H;;;;;;. The van der Waals surface area contributed by atoms with E-state index in [0.29, 0.717) is 0 Å². The molecule has 0 aromatic heterocycles. The van der Waals surface area contributed by atoms with Gasteiger partial charge in [-0.3, -0.25) is 10.3 Å². The third-order valence-corrected chi connectivity index (χ3v) is 0. The van der Waals surface area contributed by atoms with Gasteiger partial charge in [-0.2, -0.15) is 0 Å². The molecule has 11 heavy (non-hydrogen) atoms. The Labute approximate surface area is 91.2 Å². The van der Waals surface area contributed by atoms with E-state index >= 15 is 0 Å². The van der Waals surface area contributed by atoms with Crippen molar-refractivity contribution in [3.63, 3.8) is 0 Å². The third-order valence-electron chi connectivity index (χ3n) is 0. The van der Waals surface area contributed by atoms with Crippen LogP contribution in [0.15, 0.2) is 0 Å². The first-order chi connectivity index (χ1) is 4.00. The predicted octanol–water partition coefficient (Wildman–Crippen LogP) is -7.98. The van der Waals surface area contributed by atoms with Gasteiger partial charge in [0.2, 0.25) is 0 Å². The Morgan fingerprint density at radius 2 is 1.00 bits per heavy atom. The van der Waals surface area contributed by atoms with Crippen molar-refractivity contribution >= 4 is 29.6 Å². The molecule has 1 N–H and O–H groups in total. The van der Waals surface area contributed by atoms with Gasteiger partial charge in [0.05, 0.1) is 0 Å². The maximum atomic E-state index is 8.73. The van der Waals surface area contributed by atoms with Gasteiger partial charge in [0.1, 0.15) is 0 Å². The van der Waals surface area contributed by atoms with Crippen molar-refractivity contribution < 1.29 is 62.8 Å². The van der Waals surface area contributed by atoms with Gasteiger partial charge in [0.15, 0.2) is 0 Å². The first-order valence-corrected chi connectivity index (χ1v) is 8.97. The molecule has 65 valence electrons. The summed E-state index contributed by atoms with van der Waals surface area (Å²) in [6.45, 7) is 0. The molecule has 0 amide bonds. The van der Waals surface area contributed by atoms with Gasteiger partial charge in [0, 0.05) is 33.0 Å². The van der Waals surface area contributed by atoms with E-state index in [1.165, 1.54) is 0 Å². The zero-order chi connectivity index (χ0) is 9.00. The Morgan fingerprint density at radius 3 is 1.00 bits per heavy atom. The third kappa shape index (κ3) is 510. The fourth-order valence-electron chi connectivity index (χ4n) is 0. The Hall–Kier alpha value is 1.41. The van der Waals surface area contributed by atoms with Crippen LogP contribution in [0.5, 0.6) is 0 Å². The Morgan fingerprint density at radius 1 is 1.00 bits per heavy atom. The molecule has 0 aliphatic carbocycles.